The molecule has 4 rings (SSSR count). The molecule has 1 heterocycles. The van der Waals surface area contributed by atoms with E-state index in [1.165, 1.54) is 34.3 Å². The maximum absolute atomic E-state index is 12.5. The third-order valence-electron chi connectivity index (χ3n) is 4.92. The molecule has 5 nitrogen and oxygen atoms in total. The van der Waals surface area contributed by atoms with Crippen molar-refractivity contribution in [3.63, 3.8) is 0 Å². The molecular formula is C21H22N2O3. The zero-order chi connectivity index (χ0) is 18.3. The van der Waals surface area contributed by atoms with Crippen LogP contribution in [0.15, 0.2) is 42.5 Å². The molecule has 1 amide bonds. The van der Waals surface area contributed by atoms with Crippen molar-refractivity contribution in [3.8, 4) is 11.5 Å². The van der Waals surface area contributed by atoms with E-state index in [1.54, 1.807) is 19.1 Å². The Morgan fingerprint density at radius 2 is 2.00 bits per heavy atom. The van der Waals surface area contributed by atoms with Crippen LogP contribution in [0.25, 0.3) is 10.9 Å². The highest BCUT2D eigenvalue weighted by atomic mass is 16.5. The lowest BCUT2D eigenvalue weighted by Gasteiger charge is -2.18. The summed E-state index contributed by atoms with van der Waals surface area (Å²) in [6.07, 6.45) is 1.04. The van der Waals surface area contributed by atoms with Crippen LogP contribution in [0.3, 0.4) is 0 Å². The summed E-state index contributed by atoms with van der Waals surface area (Å²) in [5, 5.41) is 13.7. The average Bonchev–Trinajstić information content (AvgIpc) is 3.14. The number of carbonyl (C=O) groups is 1. The van der Waals surface area contributed by atoms with E-state index in [0.29, 0.717) is 5.75 Å². The largest absolute Gasteiger partial charge is 0.508 e. The monoisotopic (exact) mass is 350 g/mol. The Morgan fingerprint density at radius 1 is 1.23 bits per heavy atom. The van der Waals surface area contributed by atoms with Crippen molar-refractivity contribution >= 4 is 16.8 Å². The summed E-state index contributed by atoms with van der Waals surface area (Å²) in [6, 6.07) is 12.9. The fourth-order valence-corrected chi connectivity index (χ4v) is 3.59. The normalized spacial score (nSPS) is 17.1. The van der Waals surface area contributed by atoms with Gasteiger partial charge in [-0.25, -0.2) is 0 Å². The predicted octanol–water partition coefficient (Wildman–Crippen LogP) is 3.23. The number of nitrogens with one attached hydrogen (secondary N) is 2. The van der Waals surface area contributed by atoms with Gasteiger partial charge in [-0.05, 0) is 62.2 Å². The molecule has 0 radical (unpaired) electrons. The molecule has 1 aromatic heterocycles. The van der Waals surface area contributed by atoms with Gasteiger partial charge in [-0.1, -0.05) is 11.6 Å². The molecule has 0 aliphatic heterocycles. The summed E-state index contributed by atoms with van der Waals surface area (Å²) >= 11 is 0. The molecule has 3 aromatic rings. The quantitative estimate of drug-likeness (QED) is 0.676. The van der Waals surface area contributed by atoms with Crippen LogP contribution < -0.4 is 10.1 Å². The number of aromatic hydroxyl groups is 1. The molecule has 1 aliphatic rings. The molecule has 2 aromatic carbocycles. The molecule has 0 bridgehead atoms. The van der Waals surface area contributed by atoms with Gasteiger partial charge < -0.3 is 20.1 Å². The zero-order valence-corrected chi connectivity index (χ0v) is 14.9. The number of hydrogen-bond acceptors (Lipinski definition) is 3. The number of aromatic amines is 1. The molecular weight excluding hydrogens is 328 g/mol. The Labute approximate surface area is 152 Å². The van der Waals surface area contributed by atoms with E-state index in [-0.39, 0.29) is 17.7 Å². The molecule has 0 saturated heterocycles. The molecule has 1 aliphatic carbocycles. The first-order valence-electron chi connectivity index (χ1n) is 8.86. The highest BCUT2D eigenvalue weighted by molar-refractivity contribution is 5.87. The van der Waals surface area contributed by atoms with Crippen LogP contribution in [-0.2, 0) is 17.6 Å². The van der Waals surface area contributed by atoms with Crippen molar-refractivity contribution in [2.45, 2.75) is 38.8 Å². The highest BCUT2D eigenvalue weighted by Gasteiger charge is 2.28. The lowest BCUT2D eigenvalue weighted by atomic mass is 10.1. The van der Waals surface area contributed by atoms with Crippen LogP contribution in [-0.4, -0.2) is 28.1 Å². The van der Waals surface area contributed by atoms with E-state index in [0.717, 1.165) is 18.4 Å². The van der Waals surface area contributed by atoms with E-state index in [9.17, 15) is 9.90 Å². The van der Waals surface area contributed by atoms with Gasteiger partial charge in [0, 0.05) is 29.1 Å². The number of aryl methyl sites for hydroxylation is 1. The Hall–Kier alpha value is -2.95. The number of amides is 1. The third kappa shape index (κ3) is 3.12. The predicted molar refractivity (Wildman–Crippen MR) is 101 cm³/mol. The molecule has 2 unspecified atom stereocenters. The number of H-pyrrole nitrogens is 1. The van der Waals surface area contributed by atoms with E-state index in [4.69, 9.17) is 4.74 Å². The number of benzene rings is 2. The van der Waals surface area contributed by atoms with Gasteiger partial charge in [0.1, 0.15) is 11.5 Å². The summed E-state index contributed by atoms with van der Waals surface area (Å²) in [6.45, 7) is 3.82. The van der Waals surface area contributed by atoms with Gasteiger partial charge >= 0.3 is 0 Å². The summed E-state index contributed by atoms with van der Waals surface area (Å²) in [7, 11) is 0. The van der Waals surface area contributed by atoms with Gasteiger partial charge in [-0.3, -0.25) is 4.79 Å². The van der Waals surface area contributed by atoms with E-state index in [1.807, 2.05) is 0 Å². The fourth-order valence-electron chi connectivity index (χ4n) is 3.59. The van der Waals surface area contributed by atoms with Gasteiger partial charge in [-0.15, -0.1) is 0 Å². The number of hydrogen-bond donors (Lipinski definition) is 3. The topological polar surface area (TPSA) is 74.4 Å². The number of phenols is 1. The van der Waals surface area contributed by atoms with Crippen LogP contribution in [0.2, 0.25) is 0 Å². The summed E-state index contributed by atoms with van der Waals surface area (Å²) in [5.74, 6) is 0.598. The summed E-state index contributed by atoms with van der Waals surface area (Å²) in [5.41, 5.74) is 4.92. The summed E-state index contributed by atoms with van der Waals surface area (Å²) in [4.78, 5) is 15.9. The van der Waals surface area contributed by atoms with Crippen LogP contribution >= 0.6 is 0 Å². The van der Waals surface area contributed by atoms with E-state index < -0.39 is 6.10 Å². The van der Waals surface area contributed by atoms with Crippen molar-refractivity contribution < 1.29 is 14.6 Å². The minimum Gasteiger partial charge on any atom is -0.508 e. The number of fused-ring (bicyclic) bond motifs is 3. The molecule has 134 valence electrons. The number of ether oxygens (including phenoxy) is 1. The Bertz CT molecular complexity index is 959. The van der Waals surface area contributed by atoms with Crippen LogP contribution in [0.4, 0.5) is 0 Å². The number of phenolic OH excluding ortho intramolecular Hbond substituents is 1. The van der Waals surface area contributed by atoms with Gasteiger partial charge in [0.2, 0.25) is 0 Å². The van der Waals surface area contributed by atoms with E-state index >= 15 is 0 Å². The highest BCUT2D eigenvalue weighted by Crippen LogP contribution is 2.30. The minimum absolute atomic E-state index is 0.0829. The number of carbonyl (C=O) groups excluding carboxylic acids is 1. The van der Waals surface area contributed by atoms with Crippen molar-refractivity contribution in [3.05, 3.63) is 59.3 Å². The second-order valence-corrected chi connectivity index (χ2v) is 7.00. The summed E-state index contributed by atoms with van der Waals surface area (Å²) < 4.78 is 5.66. The van der Waals surface area contributed by atoms with Gasteiger partial charge in [0.15, 0.2) is 6.10 Å². The Morgan fingerprint density at radius 3 is 2.77 bits per heavy atom. The molecule has 0 fully saturated rings. The molecule has 0 spiro atoms. The van der Waals surface area contributed by atoms with Gasteiger partial charge in [0.05, 0.1) is 0 Å². The SMILES string of the molecule is Cc1ccc2[nH]c3c(c2c1)CC(NC(=O)C(C)Oc1ccc(O)cc1)C3. The molecule has 26 heavy (non-hydrogen) atoms. The zero-order valence-electron chi connectivity index (χ0n) is 14.9. The molecule has 3 N–H and O–H groups in total. The second-order valence-electron chi connectivity index (χ2n) is 7.00. The Balaban J connectivity index is 1.40. The lowest BCUT2D eigenvalue weighted by molar-refractivity contribution is -0.127. The van der Waals surface area contributed by atoms with Crippen molar-refractivity contribution in [2.24, 2.45) is 0 Å². The average molecular weight is 350 g/mol. The minimum atomic E-state index is -0.600. The first-order chi connectivity index (χ1) is 12.5. The van der Waals surface area contributed by atoms with Crippen molar-refractivity contribution in [2.75, 3.05) is 0 Å². The number of rotatable bonds is 4. The van der Waals surface area contributed by atoms with Crippen LogP contribution in [0.1, 0.15) is 23.7 Å². The van der Waals surface area contributed by atoms with Crippen molar-refractivity contribution in [1.29, 1.82) is 0 Å². The first-order valence-corrected chi connectivity index (χ1v) is 8.86. The molecule has 0 saturated carbocycles. The van der Waals surface area contributed by atoms with E-state index in [2.05, 4.69) is 35.4 Å². The number of aromatic nitrogens is 1. The first kappa shape index (κ1) is 16.5. The third-order valence-corrected chi connectivity index (χ3v) is 4.92. The fraction of sp³-hybridized carbons (Fsp3) is 0.286. The molecule has 2 atom stereocenters. The maximum atomic E-state index is 12.5. The standard InChI is InChI=1S/C21H22N2O3/c1-12-3-8-19-17(9-12)18-10-14(11-20(18)23-19)22-21(25)13(2)26-16-6-4-15(24)5-7-16/h3-9,13-14,23-24H,10-11H2,1-2H3,(H,22,25). The van der Waals surface area contributed by atoms with Gasteiger partial charge in [-0.2, -0.15) is 0 Å². The molecule has 5 heteroatoms. The lowest BCUT2D eigenvalue weighted by Crippen LogP contribution is -2.43. The maximum Gasteiger partial charge on any atom is 0.261 e. The van der Waals surface area contributed by atoms with Crippen LogP contribution in [0.5, 0.6) is 11.5 Å². The second kappa shape index (κ2) is 6.41. The van der Waals surface area contributed by atoms with Gasteiger partial charge in [0.25, 0.3) is 5.91 Å². The smallest absolute Gasteiger partial charge is 0.261 e. The van der Waals surface area contributed by atoms with Crippen molar-refractivity contribution in [1.82, 2.24) is 10.3 Å². The van der Waals surface area contributed by atoms with Crippen LogP contribution in [0, 0.1) is 6.92 Å². The Kier molecular flexibility index (Phi) is 4.07.